The summed E-state index contributed by atoms with van der Waals surface area (Å²) in [7, 11) is 0. The topological polar surface area (TPSA) is 41.5 Å². The van der Waals surface area contributed by atoms with Crippen molar-refractivity contribution in [1.29, 1.82) is 0 Å². The lowest BCUT2D eigenvalue weighted by atomic mass is 9.86. The molecule has 3 nitrogen and oxygen atoms in total. The normalized spacial score (nSPS) is 14.8. The van der Waals surface area contributed by atoms with E-state index in [0.29, 0.717) is 0 Å². The molecule has 0 radical (unpaired) electrons. The monoisotopic (exact) mass is 254 g/mol. The van der Waals surface area contributed by atoms with Gasteiger partial charge >= 0.3 is 0 Å². The summed E-state index contributed by atoms with van der Waals surface area (Å²) in [6, 6.07) is 0.202. The molecule has 1 N–H and O–H groups in total. The summed E-state index contributed by atoms with van der Waals surface area (Å²) in [5.41, 5.74) is -0.0673. The summed E-state index contributed by atoms with van der Waals surface area (Å²) < 4.78 is 0. The van der Waals surface area contributed by atoms with Gasteiger partial charge < -0.3 is 5.32 Å². The van der Waals surface area contributed by atoms with E-state index in [4.69, 9.17) is 0 Å². The van der Waals surface area contributed by atoms with Crippen LogP contribution in [0.4, 0.5) is 0 Å². The second kappa shape index (κ2) is 7.55. The van der Waals surface area contributed by atoms with Crippen molar-refractivity contribution in [3.05, 3.63) is 0 Å². The summed E-state index contributed by atoms with van der Waals surface area (Å²) in [6.45, 7) is 14.5. The molecule has 0 aliphatic rings. The molecule has 0 fully saturated rings. The Labute approximate surface area is 112 Å². The van der Waals surface area contributed by atoms with E-state index in [9.17, 15) is 4.79 Å². The van der Waals surface area contributed by atoms with Gasteiger partial charge in [-0.1, -0.05) is 41.0 Å². The van der Waals surface area contributed by atoms with E-state index < -0.39 is 0 Å². The zero-order valence-electron chi connectivity index (χ0n) is 13.1. The van der Waals surface area contributed by atoms with Crippen LogP contribution in [0.5, 0.6) is 0 Å². The fourth-order valence-electron chi connectivity index (χ4n) is 1.80. The second-order valence-electron chi connectivity index (χ2n) is 6.00. The number of rotatable bonds is 6. The molecule has 1 atom stereocenters. The predicted octanol–water partition coefficient (Wildman–Crippen LogP) is 3.78. The molecule has 0 heterocycles. The highest BCUT2D eigenvalue weighted by atomic mass is 16.1. The van der Waals surface area contributed by atoms with E-state index in [1.807, 2.05) is 27.7 Å². The Kier molecular flexibility index (Phi) is 7.19. The van der Waals surface area contributed by atoms with Crippen LogP contribution in [-0.4, -0.2) is 17.8 Å². The lowest BCUT2D eigenvalue weighted by Crippen LogP contribution is -2.43. The maximum Gasteiger partial charge on any atom is 0.228 e. The number of hydrogen-bond donors (Lipinski definition) is 1. The van der Waals surface area contributed by atoms with Crippen molar-refractivity contribution in [3.63, 3.8) is 0 Å². The zero-order valence-corrected chi connectivity index (χ0v) is 13.1. The van der Waals surface area contributed by atoms with Crippen LogP contribution in [-0.2, 0) is 4.79 Å². The van der Waals surface area contributed by atoms with Gasteiger partial charge in [-0.2, -0.15) is 0 Å². The average molecular weight is 254 g/mol. The zero-order chi connectivity index (χ0) is 14.3. The Hall–Kier alpha value is -0.860. The number of carbonyl (C=O) groups excluding carboxylic acids is 1. The highest BCUT2D eigenvalue weighted by Crippen LogP contribution is 2.24. The van der Waals surface area contributed by atoms with E-state index in [-0.39, 0.29) is 23.3 Å². The molecule has 0 saturated carbocycles. The molecule has 0 aliphatic heterocycles. The summed E-state index contributed by atoms with van der Waals surface area (Å²) in [6.07, 6.45) is 2.97. The van der Waals surface area contributed by atoms with Crippen molar-refractivity contribution in [2.24, 2.45) is 16.3 Å². The van der Waals surface area contributed by atoms with Crippen molar-refractivity contribution in [3.8, 4) is 0 Å². The molecule has 0 rings (SSSR count). The lowest BCUT2D eigenvalue weighted by Gasteiger charge is -2.28. The van der Waals surface area contributed by atoms with Crippen LogP contribution >= 0.6 is 0 Å². The SMILES string of the molecule is CCCC(C)(C)/C(=N\C(C)C)NC(=O)C(C)CC. The molecule has 0 spiro atoms. The maximum absolute atomic E-state index is 12.0. The molecule has 0 aliphatic carbocycles. The number of nitrogens with zero attached hydrogens (tertiary/aromatic N) is 1. The van der Waals surface area contributed by atoms with Gasteiger partial charge in [-0.05, 0) is 26.7 Å². The van der Waals surface area contributed by atoms with E-state index in [1.165, 1.54) is 0 Å². The first-order valence-corrected chi connectivity index (χ1v) is 7.13. The molecule has 3 heteroatoms. The first kappa shape index (κ1) is 17.1. The largest absolute Gasteiger partial charge is 0.314 e. The van der Waals surface area contributed by atoms with Gasteiger partial charge in [-0.25, -0.2) is 0 Å². The van der Waals surface area contributed by atoms with Gasteiger partial charge in [0.25, 0.3) is 0 Å². The number of aliphatic imine (C=N–C) groups is 1. The minimum atomic E-state index is -0.0673. The van der Waals surface area contributed by atoms with Crippen LogP contribution in [0.15, 0.2) is 4.99 Å². The molecule has 0 bridgehead atoms. The summed E-state index contributed by atoms with van der Waals surface area (Å²) >= 11 is 0. The van der Waals surface area contributed by atoms with Crippen molar-refractivity contribution >= 4 is 11.7 Å². The third-order valence-corrected chi connectivity index (χ3v) is 3.20. The third-order valence-electron chi connectivity index (χ3n) is 3.20. The average Bonchev–Trinajstić information content (AvgIpc) is 2.26. The van der Waals surface area contributed by atoms with Crippen LogP contribution in [0.2, 0.25) is 0 Å². The Morgan fingerprint density at radius 1 is 1.22 bits per heavy atom. The smallest absolute Gasteiger partial charge is 0.228 e. The third kappa shape index (κ3) is 5.65. The van der Waals surface area contributed by atoms with Gasteiger partial charge in [0, 0.05) is 17.4 Å². The highest BCUT2D eigenvalue weighted by molar-refractivity contribution is 6.01. The van der Waals surface area contributed by atoms with Gasteiger partial charge in [0.15, 0.2) is 0 Å². The van der Waals surface area contributed by atoms with Crippen LogP contribution in [0.25, 0.3) is 0 Å². The number of nitrogens with one attached hydrogen (secondary N) is 1. The lowest BCUT2D eigenvalue weighted by molar-refractivity contribution is -0.123. The predicted molar refractivity (Wildman–Crippen MR) is 78.9 cm³/mol. The first-order valence-electron chi connectivity index (χ1n) is 7.13. The first-order chi connectivity index (χ1) is 8.24. The van der Waals surface area contributed by atoms with E-state index in [2.05, 4.69) is 31.1 Å². The molecule has 1 amide bonds. The van der Waals surface area contributed by atoms with E-state index >= 15 is 0 Å². The van der Waals surface area contributed by atoms with Crippen molar-refractivity contribution < 1.29 is 4.79 Å². The number of hydrogen-bond acceptors (Lipinski definition) is 2. The van der Waals surface area contributed by atoms with E-state index in [1.54, 1.807) is 0 Å². The van der Waals surface area contributed by atoms with Crippen LogP contribution in [0.3, 0.4) is 0 Å². The Morgan fingerprint density at radius 2 is 1.78 bits per heavy atom. The minimum Gasteiger partial charge on any atom is -0.314 e. The molecule has 0 aromatic rings. The summed E-state index contributed by atoms with van der Waals surface area (Å²) in [5.74, 6) is 0.963. The van der Waals surface area contributed by atoms with Gasteiger partial charge in [-0.15, -0.1) is 0 Å². The van der Waals surface area contributed by atoms with Gasteiger partial charge in [0.2, 0.25) is 5.91 Å². The fourth-order valence-corrected chi connectivity index (χ4v) is 1.80. The maximum atomic E-state index is 12.0. The molecular weight excluding hydrogens is 224 g/mol. The van der Waals surface area contributed by atoms with Crippen molar-refractivity contribution in [2.75, 3.05) is 0 Å². The second-order valence-corrected chi connectivity index (χ2v) is 6.00. The van der Waals surface area contributed by atoms with Crippen LogP contribution in [0.1, 0.15) is 67.7 Å². The van der Waals surface area contributed by atoms with Crippen molar-refractivity contribution in [2.45, 2.75) is 73.8 Å². The Bertz CT molecular complexity index is 293. The number of amidine groups is 1. The summed E-state index contributed by atoms with van der Waals surface area (Å²) in [4.78, 5) is 16.6. The molecule has 18 heavy (non-hydrogen) atoms. The number of amides is 1. The van der Waals surface area contributed by atoms with Crippen molar-refractivity contribution in [1.82, 2.24) is 5.32 Å². The molecule has 0 aromatic carbocycles. The molecule has 0 aromatic heterocycles. The Morgan fingerprint density at radius 3 is 2.17 bits per heavy atom. The molecule has 106 valence electrons. The number of carbonyl (C=O) groups is 1. The van der Waals surface area contributed by atoms with E-state index in [0.717, 1.165) is 25.1 Å². The highest BCUT2D eigenvalue weighted by Gasteiger charge is 2.27. The standard InChI is InChI=1S/C15H30N2O/c1-8-10-15(6,7)14(16-11(3)4)17-13(18)12(5)9-2/h11-12H,8-10H2,1-7H3,(H,16,17,18). The minimum absolute atomic E-state index is 0.0415. The van der Waals surface area contributed by atoms with Gasteiger partial charge in [-0.3, -0.25) is 9.79 Å². The van der Waals surface area contributed by atoms with Crippen LogP contribution in [0, 0.1) is 11.3 Å². The van der Waals surface area contributed by atoms with Gasteiger partial charge in [0.05, 0.1) is 0 Å². The van der Waals surface area contributed by atoms with Gasteiger partial charge in [0.1, 0.15) is 5.84 Å². The van der Waals surface area contributed by atoms with Crippen LogP contribution < -0.4 is 5.32 Å². The molecule has 0 saturated heterocycles. The fraction of sp³-hybridized carbons (Fsp3) is 0.867. The quantitative estimate of drug-likeness (QED) is 0.569. The Balaban J connectivity index is 4.98. The summed E-state index contributed by atoms with van der Waals surface area (Å²) in [5, 5.41) is 3.04. The molecular formula is C15H30N2O. The molecule has 1 unspecified atom stereocenters.